The first-order valence-corrected chi connectivity index (χ1v) is 5.36. The molecule has 0 bridgehead atoms. The summed E-state index contributed by atoms with van der Waals surface area (Å²) in [5.74, 6) is -0.0348. The van der Waals surface area contributed by atoms with E-state index in [0.29, 0.717) is 39.1 Å². The second-order valence-electron chi connectivity index (χ2n) is 3.53. The average molecular weight is 214 g/mol. The van der Waals surface area contributed by atoms with Crippen LogP contribution >= 0.6 is 0 Å². The molecule has 5 nitrogen and oxygen atoms in total. The molecular weight excluding hydrogens is 196 g/mol. The largest absolute Gasteiger partial charge is 0.380 e. The van der Waals surface area contributed by atoms with Crippen molar-refractivity contribution in [2.45, 2.75) is 19.8 Å². The number of carbonyl (C=O) groups excluding carboxylic acids is 2. The Labute approximate surface area is 89.6 Å². The van der Waals surface area contributed by atoms with Gasteiger partial charge in [0.05, 0.1) is 12.5 Å². The van der Waals surface area contributed by atoms with Crippen LogP contribution in [0.3, 0.4) is 0 Å². The van der Waals surface area contributed by atoms with E-state index in [-0.39, 0.29) is 17.7 Å². The molecular formula is C10H18N2O3. The van der Waals surface area contributed by atoms with Gasteiger partial charge in [-0.1, -0.05) is 0 Å². The van der Waals surface area contributed by atoms with Crippen molar-refractivity contribution in [2.24, 2.45) is 5.92 Å². The van der Waals surface area contributed by atoms with Gasteiger partial charge in [0.25, 0.3) is 0 Å². The zero-order valence-electron chi connectivity index (χ0n) is 9.04. The SMILES string of the molecule is CCOCCNC(=O)C1CCC(=O)NC1. The predicted molar refractivity (Wildman–Crippen MR) is 55.2 cm³/mol. The minimum Gasteiger partial charge on any atom is -0.380 e. The molecule has 0 aromatic rings. The Balaban J connectivity index is 2.14. The maximum absolute atomic E-state index is 11.5. The molecule has 0 radical (unpaired) electrons. The summed E-state index contributed by atoms with van der Waals surface area (Å²) in [6.07, 6.45) is 1.09. The van der Waals surface area contributed by atoms with E-state index >= 15 is 0 Å². The number of rotatable bonds is 5. The van der Waals surface area contributed by atoms with E-state index in [1.807, 2.05) is 6.92 Å². The van der Waals surface area contributed by atoms with E-state index in [0.717, 1.165) is 0 Å². The molecule has 2 amide bonds. The maximum Gasteiger partial charge on any atom is 0.224 e. The summed E-state index contributed by atoms with van der Waals surface area (Å²) in [7, 11) is 0. The van der Waals surface area contributed by atoms with Crippen molar-refractivity contribution in [2.75, 3.05) is 26.3 Å². The smallest absolute Gasteiger partial charge is 0.224 e. The van der Waals surface area contributed by atoms with Crippen LogP contribution in [0.25, 0.3) is 0 Å². The molecule has 1 fully saturated rings. The number of hydrogen-bond acceptors (Lipinski definition) is 3. The molecule has 1 unspecified atom stereocenters. The van der Waals surface area contributed by atoms with Crippen LogP contribution in [-0.4, -0.2) is 38.1 Å². The lowest BCUT2D eigenvalue weighted by Gasteiger charge is -2.21. The second-order valence-corrected chi connectivity index (χ2v) is 3.53. The molecule has 1 saturated heterocycles. The first-order valence-electron chi connectivity index (χ1n) is 5.36. The van der Waals surface area contributed by atoms with Crippen LogP contribution in [0, 0.1) is 5.92 Å². The van der Waals surface area contributed by atoms with E-state index < -0.39 is 0 Å². The highest BCUT2D eigenvalue weighted by Gasteiger charge is 2.23. The highest BCUT2D eigenvalue weighted by Crippen LogP contribution is 2.10. The van der Waals surface area contributed by atoms with E-state index in [1.165, 1.54) is 0 Å². The van der Waals surface area contributed by atoms with E-state index in [9.17, 15) is 9.59 Å². The molecule has 0 saturated carbocycles. The molecule has 5 heteroatoms. The Hall–Kier alpha value is -1.10. The predicted octanol–water partition coefficient (Wildman–Crippen LogP) is -0.335. The summed E-state index contributed by atoms with van der Waals surface area (Å²) >= 11 is 0. The van der Waals surface area contributed by atoms with Gasteiger partial charge in [0.15, 0.2) is 0 Å². The van der Waals surface area contributed by atoms with Crippen LogP contribution < -0.4 is 10.6 Å². The molecule has 1 rings (SSSR count). The molecule has 1 heterocycles. The van der Waals surface area contributed by atoms with Crippen molar-refractivity contribution in [1.29, 1.82) is 0 Å². The number of ether oxygens (including phenoxy) is 1. The summed E-state index contributed by atoms with van der Waals surface area (Å²) in [6, 6.07) is 0. The second kappa shape index (κ2) is 6.40. The summed E-state index contributed by atoms with van der Waals surface area (Å²) in [5.41, 5.74) is 0. The van der Waals surface area contributed by atoms with Crippen LogP contribution in [0.5, 0.6) is 0 Å². The van der Waals surface area contributed by atoms with Gasteiger partial charge in [-0.15, -0.1) is 0 Å². The Morgan fingerprint density at radius 3 is 3.07 bits per heavy atom. The molecule has 1 atom stereocenters. The van der Waals surface area contributed by atoms with Gasteiger partial charge in [0.2, 0.25) is 11.8 Å². The Morgan fingerprint density at radius 2 is 2.47 bits per heavy atom. The lowest BCUT2D eigenvalue weighted by molar-refractivity contribution is -0.129. The molecule has 0 aliphatic carbocycles. The van der Waals surface area contributed by atoms with Crippen molar-refractivity contribution < 1.29 is 14.3 Å². The Bertz CT molecular complexity index is 221. The van der Waals surface area contributed by atoms with Crippen molar-refractivity contribution in [3.05, 3.63) is 0 Å². The van der Waals surface area contributed by atoms with E-state index in [4.69, 9.17) is 4.74 Å². The van der Waals surface area contributed by atoms with E-state index in [1.54, 1.807) is 0 Å². The topological polar surface area (TPSA) is 67.4 Å². The highest BCUT2D eigenvalue weighted by molar-refractivity contribution is 5.83. The van der Waals surface area contributed by atoms with Crippen molar-refractivity contribution >= 4 is 11.8 Å². The van der Waals surface area contributed by atoms with Crippen LogP contribution in [0.1, 0.15) is 19.8 Å². The van der Waals surface area contributed by atoms with Gasteiger partial charge in [-0.25, -0.2) is 0 Å². The van der Waals surface area contributed by atoms with Crippen molar-refractivity contribution in [1.82, 2.24) is 10.6 Å². The molecule has 15 heavy (non-hydrogen) atoms. The average Bonchev–Trinajstić information content (AvgIpc) is 2.25. The molecule has 0 aromatic carbocycles. The van der Waals surface area contributed by atoms with Crippen LogP contribution in [-0.2, 0) is 14.3 Å². The Morgan fingerprint density at radius 1 is 1.67 bits per heavy atom. The standard InChI is InChI=1S/C10H18N2O3/c1-2-15-6-5-11-10(14)8-3-4-9(13)12-7-8/h8H,2-7H2,1H3,(H,11,14)(H,12,13). The molecule has 2 N–H and O–H groups in total. The fourth-order valence-electron chi connectivity index (χ4n) is 1.49. The summed E-state index contributed by atoms with van der Waals surface area (Å²) < 4.78 is 5.10. The highest BCUT2D eigenvalue weighted by atomic mass is 16.5. The van der Waals surface area contributed by atoms with Crippen LogP contribution in [0.4, 0.5) is 0 Å². The monoisotopic (exact) mass is 214 g/mol. The molecule has 0 spiro atoms. The van der Waals surface area contributed by atoms with Crippen LogP contribution in [0.15, 0.2) is 0 Å². The summed E-state index contributed by atoms with van der Waals surface area (Å²) in [5, 5.41) is 5.47. The minimum atomic E-state index is -0.0793. The zero-order valence-corrected chi connectivity index (χ0v) is 9.04. The van der Waals surface area contributed by atoms with E-state index in [2.05, 4.69) is 10.6 Å². The van der Waals surface area contributed by atoms with Gasteiger partial charge in [-0.2, -0.15) is 0 Å². The fraction of sp³-hybridized carbons (Fsp3) is 0.800. The number of carbonyl (C=O) groups is 2. The quantitative estimate of drug-likeness (QED) is 0.615. The number of amides is 2. The third-order valence-electron chi connectivity index (χ3n) is 2.39. The van der Waals surface area contributed by atoms with Crippen molar-refractivity contribution in [3.8, 4) is 0 Å². The van der Waals surface area contributed by atoms with Gasteiger partial charge < -0.3 is 15.4 Å². The number of nitrogens with one attached hydrogen (secondary N) is 2. The minimum absolute atomic E-state index is 0.00898. The maximum atomic E-state index is 11.5. The third-order valence-corrected chi connectivity index (χ3v) is 2.39. The third kappa shape index (κ3) is 4.29. The fourth-order valence-corrected chi connectivity index (χ4v) is 1.49. The molecule has 86 valence electrons. The lowest BCUT2D eigenvalue weighted by Crippen LogP contribution is -2.43. The summed E-state index contributed by atoms with van der Waals surface area (Å²) in [6.45, 7) is 4.12. The van der Waals surface area contributed by atoms with Gasteiger partial charge in [0.1, 0.15) is 0 Å². The number of hydrogen-bond donors (Lipinski definition) is 2. The first-order chi connectivity index (χ1) is 7.24. The van der Waals surface area contributed by atoms with Crippen molar-refractivity contribution in [3.63, 3.8) is 0 Å². The lowest BCUT2D eigenvalue weighted by atomic mass is 9.98. The molecule has 1 aliphatic rings. The molecule has 0 aromatic heterocycles. The normalized spacial score (nSPS) is 20.9. The Kier molecular flexibility index (Phi) is 5.10. The number of piperidine rings is 1. The van der Waals surface area contributed by atoms with Crippen LogP contribution in [0.2, 0.25) is 0 Å². The van der Waals surface area contributed by atoms with Gasteiger partial charge in [-0.3, -0.25) is 9.59 Å². The van der Waals surface area contributed by atoms with Gasteiger partial charge >= 0.3 is 0 Å². The first kappa shape index (κ1) is 12.0. The molecule has 1 aliphatic heterocycles. The zero-order chi connectivity index (χ0) is 11.1. The van der Waals surface area contributed by atoms with Gasteiger partial charge in [-0.05, 0) is 13.3 Å². The van der Waals surface area contributed by atoms with Gasteiger partial charge in [0, 0.05) is 26.1 Å². The summed E-state index contributed by atoms with van der Waals surface area (Å²) in [4.78, 5) is 22.4.